The average molecular weight is 155 g/mol. The predicted octanol–water partition coefficient (Wildman–Crippen LogP) is 0.968. The molecule has 0 radical (unpaired) electrons. The molecule has 2 N–H and O–H groups in total. The Kier molecular flexibility index (Phi) is 4.03. The molecule has 0 unspecified atom stereocenters. The van der Waals surface area contributed by atoms with E-state index in [0.29, 0.717) is 17.7 Å². The SMILES string of the molecule is C=CCC(C(=O)OC)=C(C)N. The normalized spacial score (nSPS) is 11.8. The minimum atomic E-state index is -0.384. The number of carbonyl (C=O) groups excluding carboxylic acids is 1. The highest BCUT2D eigenvalue weighted by Gasteiger charge is 2.09. The smallest absolute Gasteiger partial charge is 0.335 e. The zero-order valence-corrected chi connectivity index (χ0v) is 6.89. The monoisotopic (exact) mass is 155 g/mol. The van der Waals surface area contributed by atoms with Crippen LogP contribution in [0.4, 0.5) is 0 Å². The fourth-order valence-corrected chi connectivity index (χ4v) is 0.673. The van der Waals surface area contributed by atoms with Gasteiger partial charge in [0.25, 0.3) is 0 Å². The third kappa shape index (κ3) is 2.89. The van der Waals surface area contributed by atoms with Crippen molar-refractivity contribution in [2.45, 2.75) is 13.3 Å². The molecule has 0 saturated carbocycles. The molecule has 0 aliphatic carbocycles. The van der Waals surface area contributed by atoms with Crippen molar-refractivity contribution in [3.8, 4) is 0 Å². The maximum Gasteiger partial charge on any atom is 0.335 e. The van der Waals surface area contributed by atoms with E-state index >= 15 is 0 Å². The topological polar surface area (TPSA) is 52.3 Å². The predicted molar refractivity (Wildman–Crippen MR) is 43.7 cm³/mol. The lowest BCUT2D eigenvalue weighted by atomic mass is 10.1. The maximum absolute atomic E-state index is 10.9. The average Bonchev–Trinajstić information content (AvgIpc) is 1.98. The molecule has 62 valence electrons. The Bertz CT molecular complexity index is 190. The van der Waals surface area contributed by atoms with E-state index in [1.54, 1.807) is 13.0 Å². The van der Waals surface area contributed by atoms with Gasteiger partial charge in [-0.2, -0.15) is 0 Å². The molecule has 0 saturated heterocycles. The summed E-state index contributed by atoms with van der Waals surface area (Å²) in [5, 5.41) is 0. The number of hydrogen-bond acceptors (Lipinski definition) is 3. The number of esters is 1. The lowest BCUT2D eigenvalue weighted by molar-refractivity contribution is -0.136. The van der Waals surface area contributed by atoms with E-state index in [0.717, 1.165) is 0 Å². The zero-order chi connectivity index (χ0) is 8.85. The molecular formula is C8H13NO2. The second-order valence-electron chi connectivity index (χ2n) is 2.15. The van der Waals surface area contributed by atoms with Crippen molar-refractivity contribution in [3.05, 3.63) is 23.9 Å². The van der Waals surface area contributed by atoms with Crippen molar-refractivity contribution in [1.29, 1.82) is 0 Å². The molecule has 0 aliphatic rings. The van der Waals surface area contributed by atoms with E-state index in [-0.39, 0.29) is 5.97 Å². The Morgan fingerprint density at radius 2 is 2.27 bits per heavy atom. The van der Waals surface area contributed by atoms with E-state index in [9.17, 15) is 4.79 Å². The summed E-state index contributed by atoms with van der Waals surface area (Å²) in [6.45, 7) is 5.16. The van der Waals surface area contributed by atoms with E-state index in [1.807, 2.05) is 0 Å². The van der Waals surface area contributed by atoms with Crippen LogP contribution in [0.3, 0.4) is 0 Å². The number of hydrogen-bond donors (Lipinski definition) is 1. The second-order valence-corrected chi connectivity index (χ2v) is 2.15. The Hall–Kier alpha value is -1.25. The van der Waals surface area contributed by atoms with Crippen LogP contribution in [0, 0.1) is 0 Å². The largest absolute Gasteiger partial charge is 0.466 e. The van der Waals surface area contributed by atoms with Crippen LogP contribution in [0.1, 0.15) is 13.3 Å². The zero-order valence-electron chi connectivity index (χ0n) is 6.89. The molecular weight excluding hydrogens is 142 g/mol. The third-order valence-corrected chi connectivity index (χ3v) is 1.26. The summed E-state index contributed by atoms with van der Waals surface area (Å²) in [6.07, 6.45) is 2.07. The number of allylic oxidation sites excluding steroid dienone is 2. The molecule has 3 nitrogen and oxygen atoms in total. The molecule has 0 aliphatic heterocycles. The van der Waals surface area contributed by atoms with Crippen LogP contribution >= 0.6 is 0 Å². The molecule has 11 heavy (non-hydrogen) atoms. The molecule has 0 fully saturated rings. The van der Waals surface area contributed by atoms with E-state index in [4.69, 9.17) is 5.73 Å². The highest BCUT2D eigenvalue weighted by Crippen LogP contribution is 2.06. The van der Waals surface area contributed by atoms with Crippen molar-refractivity contribution < 1.29 is 9.53 Å². The van der Waals surface area contributed by atoms with Crippen LogP contribution in [0.2, 0.25) is 0 Å². The number of rotatable bonds is 3. The van der Waals surface area contributed by atoms with Gasteiger partial charge in [0.05, 0.1) is 12.7 Å². The van der Waals surface area contributed by atoms with Crippen LogP contribution in [0.25, 0.3) is 0 Å². The van der Waals surface area contributed by atoms with Gasteiger partial charge >= 0.3 is 5.97 Å². The van der Waals surface area contributed by atoms with Gasteiger partial charge in [0, 0.05) is 5.70 Å². The fourth-order valence-electron chi connectivity index (χ4n) is 0.673. The first-order valence-electron chi connectivity index (χ1n) is 3.28. The summed E-state index contributed by atoms with van der Waals surface area (Å²) in [5.74, 6) is -0.384. The highest BCUT2D eigenvalue weighted by molar-refractivity contribution is 5.89. The number of carbonyl (C=O) groups is 1. The Morgan fingerprint density at radius 1 is 1.73 bits per heavy atom. The van der Waals surface area contributed by atoms with Crippen molar-refractivity contribution in [3.63, 3.8) is 0 Å². The minimum Gasteiger partial charge on any atom is -0.466 e. The molecule has 0 aromatic rings. The molecule has 0 heterocycles. The first-order valence-corrected chi connectivity index (χ1v) is 3.28. The number of nitrogens with two attached hydrogens (primary N) is 1. The first-order chi connectivity index (χ1) is 5.13. The van der Waals surface area contributed by atoms with Gasteiger partial charge in [-0.25, -0.2) is 4.79 Å². The van der Waals surface area contributed by atoms with Gasteiger partial charge < -0.3 is 10.5 Å². The summed E-state index contributed by atoms with van der Waals surface area (Å²) in [5.41, 5.74) is 6.39. The number of ether oxygens (including phenoxy) is 1. The lowest BCUT2D eigenvalue weighted by Crippen LogP contribution is -2.10. The lowest BCUT2D eigenvalue weighted by Gasteiger charge is -2.03. The molecule has 0 atom stereocenters. The molecule has 0 amide bonds. The highest BCUT2D eigenvalue weighted by atomic mass is 16.5. The van der Waals surface area contributed by atoms with Crippen LogP contribution in [-0.2, 0) is 9.53 Å². The molecule has 0 bridgehead atoms. The summed E-state index contributed by atoms with van der Waals surface area (Å²) >= 11 is 0. The molecule has 0 aromatic heterocycles. The number of methoxy groups -OCH3 is 1. The second kappa shape index (κ2) is 4.55. The summed E-state index contributed by atoms with van der Waals surface area (Å²) in [4.78, 5) is 10.9. The molecule has 3 heteroatoms. The minimum absolute atomic E-state index is 0.384. The van der Waals surface area contributed by atoms with E-state index in [2.05, 4.69) is 11.3 Å². The van der Waals surface area contributed by atoms with Crippen LogP contribution in [0.5, 0.6) is 0 Å². The van der Waals surface area contributed by atoms with Gasteiger partial charge in [0.2, 0.25) is 0 Å². The van der Waals surface area contributed by atoms with Gasteiger partial charge in [0.1, 0.15) is 0 Å². The van der Waals surface area contributed by atoms with Gasteiger partial charge in [-0.3, -0.25) is 0 Å². The van der Waals surface area contributed by atoms with Crippen molar-refractivity contribution >= 4 is 5.97 Å². The van der Waals surface area contributed by atoms with Crippen molar-refractivity contribution in [1.82, 2.24) is 0 Å². The maximum atomic E-state index is 10.9. The van der Waals surface area contributed by atoms with Gasteiger partial charge in [-0.05, 0) is 13.3 Å². The fraction of sp³-hybridized carbons (Fsp3) is 0.375. The molecule has 0 aromatic carbocycles. The quantitative estimate of drug-likeness (QED) is 0.375. The van der Waals surface area contributed by atoms with Gasteiger partial charge in [-0.1, -0.05) is 6.08 Å². The standard InChI is InChI=1S/C8H13NO2/c1-4-5-7(6(2)9)8(10)11-3/h4H,1,5,9H2,2-3H3. The van der Waals surface area contributed by atoms with E-state index in [1.165, 1.54) is 7.11 Å². The Labute approximate surface area is 66.5 Å². The van der Waals surface area contributed by atoms with Crippen LogP contribution < -0.4 is 5.73 Å². The summed E-state index contributed by atoms with van der Waals surface area (Å²) < 4.78 is 4.50. The third-order valence-electron chi connectivity index (χ3n) is 1.26. The van der Waals surface area contributed by atoms with Gasteiger partial charge in [-0.15, -0.1) is 6.58 Å². The first kappa shape index (κ1) is 9.75. The summed E-state index contributed by atoms with van der Waals surface area (Å²) in [7, 11) is 1.33. The van der Waals surface area contributed by atoms with Crippen molar-refractivity contribution in [2.24, 2.45) is 5.73 Å². The molecule has 0 spiro atoms. The van der Waals surface area contributed by atoms with Crippen LogP contribution in [-0.4, -0.2) is 13.1 Å². The summed E-state index contributed by atoms with van der Waals surface area (Å²) in [6, 6.07) is 0. The molecule has 0 rings (SSSR count). The van der Waals surface area contributed by atoms with E-state index < -0.39 is 0 Å². The van der Waals surface area contributed by atoms with Gasteiger partial charge in [0.15, 0.2) is 0 Å². The van der Waals surface area contributed by atoms with Crippen LogP contribution in [0.15, 0.2) is 23.9 Å². The Morgan fingerprint density at radius 3 is 2.55 bits per heavy atom. The Balaban J connectivity index is 4.48. The van der Waals surface area contributed by atoms with Crippen molar-refractivity contribution in [2.75, 3.05) is 7.11 Å².